The Morgan fingerprint density at radius 2 is 1.81 bits per heavy atom. The van der Waals surface area contributed by atoms with E-state index >= 15 is 0 Å². The Morgan fingerprint density at radius 1 is 1.16 bits per heavy atom. The van der Waals surface area contributed by atoms with Gasteiger partial charge in [-0.15, -0.1) is 0 Å². The van der Waals surface area contributed by atoms with Crippen LogP contribution in [0.15, 0.2) is 23.1 Å². The van der Waals surface area contributed by atoms with Gasteiger partial charge in [0.15, 0.2) is 0 Å². The summed E-state index contributed by atoms with van der Waals surface area (Å²) in [6.07, 6.45) is 5.07. The molecule has 1 aromatic carbocycles. The molecule has 2 N–H and O–H groups in total. The number of halogens is 1. The Morgan fingerprint density at radius 3 is 2.29 bits per heavy atom. The second-order valence-corrected chi connectivity index (χ2v) is 9.97. The van der Waals surface area contributed by atoms with E-state index in [-0.39, 0.29) is 23.0 Å². The number of carboxylic acids is 1. The number of hydrogen-bond donors (Lipinski definition) is 2. The number of fused-ring (bicyclic) bond motifs is 3. The van der Waals surface area contributed by atoms with Gasteiger partial charge >= 0.3 is 5.97 Å². The average Bonchev–Trinajstić information content (AvgIpc) is 3.32. The lowest BCUT2D eigenvalue weighted by molar-refractivity contribution is 0.0694. The molecule has 0 amide bonds. The van der Waals surface area contributed by atoms with Gasteiger partial charge in [-0.3, -0.25) is 14.2 Å². The molecule has 9 nitrogen and oxygen atoms in total. The van der Waals surface area contributed by atoms with Crippen LogP contribution in [0.4, 0.5) is 10.1 Å². The van der Waals surface area contributed by atoms with Gasteiger partial charge in [-0.25, -0.2) is 9.18 Å². The Kier molecular flexibility index (Phi) is 5.31. The van der Waals surface area contributed by atoms with Crippen molar-refractivity contribution in [1.82, 2.24) is 9.47 Å². The van der Waals surface area contributed by atoms with Gasteiger partial charge in [-0.2, -0.15) is 8.42 Å². The third kappa shape index (κ3) is 4.30. The highest BCUT2D eigenvalue weighted by atomic mass is 32.2. The molecular formula is C20H24FN3O6S. The number of pyridine rings is 1. The minimum absolute atomic E-state index is 0.152. The minimum Gasteiger partial charge on any atom is -0.477 e. The maximum absolute atomic E-state index is 14.9. The number of carboxylic acid groups (broad SMARTS) is 1. The molecule has 0 unspecified atom stereocenters. The Bertz CT molecular complexity index is 1210. The number of rotatable bonds is 3. The summed E-state index contributed by atoms with van der Waals surface area (Å²) in [5, 5.41) is 9.48. The molecule has 1 aromatic heterocycles. The molecule has 1 aliphatic carbocycles. The van der Waals surface area contributed by atoms with Gasteiger partial charge in [0.1, 0.15) is 11.4 Å². The number of aromatic carboxylic acids is 1. The standard InChI is InChI=1S/C19H20FN3O3.CH4O3S/c1-21-7-12-4-11(21)8-22(12)17-6-16-13(5-15(17)20)18(24)14(19(25)26)9-23(16)10-2-3-10;1-5(2,3)4/h5-6,9-12H,2-4,7-8H2,1H3,(H,25,26);1H3,(H,2,3,4)/t11-,12-;/m1./s1. The van der Waals surface area contributed by atoms with Crippen molar-refractivity contribution < 1.29 is 27.3 Å². The fraction of sp³-hybridized carbons (Fsp3) is 0.500. The summed E-state index contributed by atoms with van der Waals surface area (Å²) >= 11 is 0. The second-order valence-electron chi connectivity index (χ2n) is 8.50. The first kappa shape index (κ1) is 21.7. The van der Waals surface area contributed by atoms with E-state index < -0.39 is 27.3 Å². The van der Waals surface area contributed by atoms with Crippen LogP contribution in [0.25, 0.3) is 10.9 Å². The van der Waals surface area contributed by atoms with Gasteiger partial charge in [-0.1, -0.05) is 0 Å². The van der Waals surface area contributed by atoms with Gasteiger partial charge in [0, 0.05) is 42.8 Å². The summed E-state index contributed by atoms with van der Waals surface area (Å²) in [7, 11) is -1.57. The summed E-state index contributed by atoms with van der Waals surface area (Å²) in [6, 6.07) is 3.90. The normalized spacial score (nSPS) is 23.2. The number of piperazine rings is 1. The zero-order chi connectivity index (χ0) is 22.7. The summed E-state index contributed by atoms with van der Waals surface area (Å²) in [4.78, 5) is 28.4. The fourth-order valence-electron chi connectivity index (χ4n) is 4.55. The lowest BCUT2D eigenvalue weighted by atomic mass is 10.1. The molecule has 2 bridgehead atoms. The highest BCUT2D eigenvalue weighted by Gasteiger charge is 2.42. The SMILES string of the molecule is CN1C[C@H]2C[C@@H]1CN2c1cc2c(cc1F)c(=O)c(C(=O)O)cn2C1CC1.CS(=O)(=O)O. The van der Waals surface area contributed by atoms with Crippen LogP contribution in [0.5, 0.6) is 0 Å². The monoisotopic (exact) mass is 453 g/mol. The number of benzene rings is 1. The summed E-state index contributed by atoms with van der Waals surface area (Å²) < 4.78 is 42.6. The predicted octanol–water partition coefficient (Wildman–Crippen LogP) is 1.57. The highest BCUT2D eigenvalue weighted by molar-refractivity contribution is 7.85. The molecule has 5 rings (SSSR count). The fourth-order valence-corrected chi connectivity index (χ4v) is 4.55. The van der Waals surface area contributed by atoms with Crippen LogP contribution in [0.1, 0.15) is 35.7 Å². The van der Waals surface area contributed by atoms with Crippen LogP contribution in [0, 0.1) is 5.82 Å². The molecule has 3 fully saturated rings. The zero-order valence-corrected chi connectivity index (χ0v) is 18.0. The van der Waals surface area contributed by atoms with Gasteiger partial charge < -0.3 is 14.6 Å². The Hall–Kier alpha value is -2.50. The molecule has 2 atom stereocenters. The van der Waals surface area contributed by atoms with Gasteiger partial charge in [0.05, 0.1) is 17.5 Å². The number of nitrogens with zero attached hydrogens (tertiary/aromatic N) is 3. The van der Waals surface area contributed by atoms with Crippen molar-refractivity contribution in [1.29, 1.82) is 0 Å². The molecule has 2 saturated heterocycles. The minimum atomic E-state index is -3.67. The topological polar surface area (TPSA) is 120 Å². The van der Waals surface area contributed by atoms with E-state index in [2.05, 4.69) is 16.8 Å². The first-order valence-electron chi connectivity index (χ1n) is 9.95. The van der Waals surface area contributed by atoms with E-state index in [9.17, 15) is 27.5 Å². The largest absolute Gasteiger partial charge is 0.477 e. The zero-order valence-electron chi connectivity index (χ0n) is 17.2. The molecule has 3 heterocycles. The van der Waals surface area contributed by atoms with Crippen LogP contribution in [-0.2, 0) is 10.1 Å². The Labute approximate surface area is 178 Å². The number of anilines is 1. The summed E-state index contributed by atoms with van der Waals surface area (Å²) in [5.74, 6) is -1.72. The first-order valence-corrected chi connectivity index (χ1v) is 11.8. The summed E-state index contributed by atoms with van der Waals surface area (Å²) in [5.41, 5.74) is 0.251. The van der Waals surface area contributed by atoms with Crippen molar-refractivity contribution >= 4 is 32.7 Å². The third-order valence-electron chi connectivity index (χ3n) is 6.10. The van der Waals surface area contributed by atoms with Crippen molar-refractivity contribution in [2.24, 2.45) is 0 Å². The van der Waals surface area contributed by atoms with E-state index in [1.54, 1.807) is 6.07 Å². The van der Waals surface area contributed by atoms with Crippen molar-refractivity contribution in [2.45, 2.75) is 37.4 Å². The van der Waals surface area contributed by atoms with Crippen molar-refractivity contribution in [2.75, 3.05) is 31.3 Å². The molecule has 2 aliphatic heterocycles. The van der Waals surface area contributed by atoms with E-state index in [4.69, 9.17) is 4.55 Å². The molecule has 0 spiro atoms. The molecule has 0 radical (unpaired) electrons. The van der Waals surface area contributed by atoms with Crippen molar-refractivity contribution in [3.8, 4) is 0 Å². The number of likely N-dealkylation sites (N-methyl/N-ethyl adjacent to an activating group) is 1. The molecule has 168 valence electrons. The highest BCUT2D eigenvalue weighted by Crippen LogP contribution is 2.40. The van der Waals surface area contributed by atoms with Crippen LogP contribution in [0.3, 0.4) is 0 Å². The quantitative estimate of drug-likeness (QED) is 0.672. The Balaban J connectivity index is 0.000000418. The number of likely N-dealkylation sites (tertiary alicyclic amines) is 1. The van der Waals surface area contributed by atoms with Crippen molar-refractivity contribution in [3.63, 3.8) is 0 Å². The van der Waals surface area contributed by atoms with Crippen LogP contribution in [-0.4, -0.2) is 72.0 Å². The number of hydrogen-bond acceptors (Lipinski definition) is 6. The number of carbonyl (C=O) groups is 1. The van der Waals surface area contributed by atoms with Gasteiger partial charge in [-0.05, 0) is 38.4 Å². The van der Waals surface area contributed by atoms with E-state index in [1.165, 1.54) is 12.3 Å². The molecular weight excluding hydrogens is 429 g/mol. The van der Waals surface area contributed by atoms with Gasteiger partial charge in [0.25, 0.3) is 10.1 Å². The molecule has 2 aromatic rings. The van der Waals surface area contributed by atoms with E-state index in [0.29, 0.717) is 23.5 Å². The maximum Gasteiger partial charge on any atom is 0.341 e. The molecule has 31 heavy (non-hydrogen) atoms. The summed E-state index contributed by atoms with van der Waals surface area (Å²) in [6.45, 7) is 1.69. The maximum atomic E-state index is 14.9. The van der Waals surface area contributed by atoms with Crippen LogP contribution in [0.2, 0.25) is 0 Å². The number of aromatic nitrogens is 1. The van der Waals surface area contributed by atoms with E-state index in [0.717, 1.165) is 32.4 Å². The predicted molar refractivity (Wildman–Crippen MR) is 113 cm³/mol. The molecule has 1 saturated carbocycles. The molecule has 3 aliphatic rings. The lowest BCUT2D eigenvalue weighted by Crippen LogP contribution is -2.44. The van der Waals surface area contributed by atoms with E-state index in [1.807, 2.05) is 4.57 Å². The third-order valence-corrected chi connectivity index (χ3v) is 6.10. The van der Waals surface area contributed by atoms with Gasteiger partial charge in [0.2, 0.25) is 5.43 Å². The van der Waals surface area contributed by atoms with Crippen LogP contribution >= 0.6 is 0 Å². The van der Waals surface area contributed by atoms with Crippen LogP contribution < -0.4 is 10.3 Å². The lowest BCUT2D eigenvalue weighted by Gasteiger charge is -2.34. The van der Waals surface area contributed by atoms with Crippen molar-refractivity contribution in [3.05, 3.63) is 39.9 Å². The molecule has 11 heteroatoms. The first-order chi connectivity index (χ1) is 14.4. The average molecular weight is 453 g/mol. The second kappa shape index (κ2) is 7.57. The smallest absolute Gasteiger partial charge is 0.341 e.